The van der Waals surface area contributed by atoms with Crippen molar-refractivity contribution in [1.82, 2.24) is 0 Å². The first-order chi connectivity index (χ1) is 14.1. The van der Waals surface area contributed by atoms with E-state index >= 15 is 0 Å². The predicted octanol–water partition coefficient (Wildman–Crippen LogP) is 4.02. The number of carbonyl (C=O) groups excluding carboxylic acids is 1. The van der Waals surface area contributed by atoms with E-state index in [1.807, 2.05) is 30.3 Å². The van der Waals surface area contributed by atoms with Crippen LogP contribution >= 0.6 is 0 Å². The number of carbonyl (C=O) groups is 1. The molecule has 0 saturated heterocycles. The topological polar surface area (TPSA) is 73.6 Å². The molecule has 29 heavy (non-hydrogen) atoms. The van der Waals surface area contributed by atoms with Crippen LogP contribution in [0.15, 0.2) is 66.7 Å². The lowest BCUT2D eigenvalue weighted by Crippen LogP contribution is -2.15. The minimum atomic E-state index is -0.485. The zero-order chi connectivity index (χ0) is 20.6. The van der Waals surface area contributed by atoms with Crippen LogP contribution < -0.4 is 20.5 Å². The van der Waals surface area contributed by atoms with Gasteiger partial charge in [0.05, 0.1) is 19.2 Å². The highest BCUT2D eigenvalue weighted by Gasteiger charge is 2.12. The van der Waals surface area contributed by atoms with Crippen molar-refractivity contribution in [3.8, 4) is 22.6 Å². The van der Waals surface area contributed by atoms with E-state index in [0.29, 0.717) is 24.7 Å². The van der Waals surface area contributed by atoms with Gasteiger partial charge in [-0.1, -0.05) is 42.5 Å². The number of nitrogens with one attached hydrogen (secondary N) is 1. The maximum Gasteiger partial charge on any atom is 0.228 e. The first-order valence-corrected chi connectivity index (χ1v) is 9.25. The van der Waals surface area contributed by atoms with Crippen molar-refractivity contribution in [2.75, 3.05) is 25.6 Å². The second kappa shape index (κ2) is 9.71. The molecule has 0 radical (unpaired) electrons. The molecule has 0 aliphatic carbocycles. The number of methoxy groups -OCH3 is 1. The summed E-state index contributed by atoms with van der Waals surface area (Å²) in [4.78, 5) is 12.5. The van der Waals surface area contributed by atoms with Gasteiger partial charge in [0, 0.05) is 6.54 Å². The Balaban J connectivity index is 1.72. The summed E-state index contributed by atoms with van der Waals surface area (Å²) in [6.45, 7) is 0.758. The zero-order valence-electron chi connectivity index (χ0n) is 16.2. The van der Waals surface area contributed by atoms with Crippen LogP contribution in [0, 0.1) is 5.82 Å². The molecule has 0 saturated carbocycles. The molecule has 0 aromatic heterocycles. The third kappa shape index (κ3) is 5.33. The molecule has 3 aromatic carbocycles. The molecule has 0 aliphatic heterocycles. The fourth-order valence-corrected chi connectivity index (χ4v) is 2.92. The summed E-state index contributed by atoms with van der Waals surface area (Å²) in [6.07, 6.45) is 0.0720. The number of halogens is 1. The lowest BCUT2D eigenvalue weighted by molar-refractivity contribution is -0.115. The summed E-state index contributed by atoms with van der Waals surface area (Å²) < 4.78 is 25.0. The van der Waals surface area contributed by atoms with E-state index < -0.39 is 5.82 Å². The maximum absolute atomic E-state index is 14.2. The molecular weight excluding hydrogens is 371 g/mol. The second-order valence-corrected chi connectivity index (χ2v) is 6.41. The van der Waals surface area contributed by atoms with E-state index in [1.54, 1.807) is 30.3 Å². The average Bonchev–Trinajstić information content (AvgIpc) is 2.74. The molecule has 0 heterocycles. The molecule has 0 unspecified atom stereocenters. The molecule has 3 N–H and O–H groups in total. The Bertz CT molecular complexity index is 977. The standard InChI is InChI=1S/C23H23FN2O3/c1-28-22-13-16(7-10-21(22)29-12-11-25)14-23(27)26-20-15-18(8-9-19(20)24)17-5-3-2-4-6-17/h2-10,13,15H,11-12,14,25H2,1H3,(H,26,27). The number of ether oxygens (including phenoxy) is 2. The van der Waals surface area contributed by atoms with Crippen LogP contribution in [0.3, 0.4) is 0 Å². The predicted molar refractivity (Wildman–Crippen MR) is 112 cm³/mol. The molecular formula is C23H23FN2O3. The van der Waals surface area contributed by atoms with E-state index in [1.165, 1.54) is 13.2 Å². The van der Waals surface area contributed by atoms with Gasteiger partial charge in [-0.05, 0) is 41.0 Å². The Morgan fingerprint density at radius 3 is 2.52 bits per heavy atom. The number of hydrogen-bond donors (Lipinski definition) is 2. The number of benzene rings is 3. The van der Waals surface area contributed by atoms with Gasteiger partial charge in [0.25, 0.3) is 0 Å². The van der Waals surface area contributed by atoms with Crippen LogP contribution in [-0.2, 0) is 11.2 Å². The van der Waals surface area contributed by atoms with Crippen LogP contribution in [0.25, 0.3) is 11.1 Å². The number of amides is 1. The van der Waals surface area contributed by atoms with Gasteiger partial charge in [-0.25, -0.2) is 4.39 Å². The second-order valence-electron chi connectivity index (χ2n) is 6.41. The van der Waals surface area contributed by atoms with Crippen molar-refractivity contribution in [3.63, 3.8) is 0 Å². The number of rotatable bonds is 8. The Labute approximate surface area is 169 Å². The lowest BCUT2D eigenvalue weighted by atomic mass is 10.0. The van der Waals surface area contributed by atoms with Gasteiger partial charge in [-0.3, -0.25) is 4.79 Å². The van der Waals surface area contributed by atoms with Crippen LogP contribution in [0.1, 0.15) is 5.56 Å². The molecule has 6 heteroatoms. The first-order valence-electron chi connectivity index (χ1n) is 9.25. The highest BCUT2D eigenvalue weighted by Crippen LogP contribution is 2.29. The summed E-state index contributed by atoms with van der Waals surface area (Å²) in [5, 5.41) is 2.65. The zero-order valence-corrected chi connectivity index (χ0v) is 16.2. The van der Waals surface area contributed by atoms with E-state index in [4.69, 9.17) is 15.2 Å². The fourth-order valence-electron chi connectivity index (χ4n) is 2.92. The highest BCUT2D eigenvalue weighted by atomic mass is 19.1. The molecule has 0 aliphatic rings. The van der Waals surface area contributed by atoms with Crippen molar-refractivity contribution < 1.29 is 18.7 Å². The average molecular weight is 394 g/mol. The Hall–Kier alpha value is -3.38. The van der Waals surface area contributed by atoms with Crippen LogP contribution in [0.2, 0.25) is 0 Å². The molecule has 1 amide bonds. The van der Waals surface area contributed by atoms with Gasteiger partial charge in [-0.2, -0.15) is 0 Å². The summed E-state index contributed by atoms with van der Waals surface area (Å²) in [5.41, 5.74) is 8.08. The summed E-state index contributed by atoms with van der Waals surface area (Å²) >= 11 is 0. The molecule has 0 fully saturated rings. The third-order valence-electron chi connectivity index (χ3n) is 4.32. The maximum atomic E-state index is 14.2. The monoisotopic (exact) mass is 394 g/mol. The fraction of sp³-hybridized carbons (Fsp3) is 0.174. The van der Waals surface area contributed by atoms with E-state index in [0.717, 1.165) is 16.7 Å². The van der Waals surface area contributed by atoms with Gasteiger partial charge in [0.1, 0.15) is 12.4 Å². The van der Waals surface area contributed by atoms with Crippen molar-refractivity contribution in [2.24, 2.45) is 5.73 Å². The van der Waals surface area contributed by atoms with E-state index in [2.05, 4.69) is 5.32 Å². The van der Waals surface area contributed by atoms with Crippen LogP contribution in [0.5, 0.6) is 11.5 Å². The third-order valence-corrected chi connectivity index (χ3v) is 4.32. The molecule has 0 atom stereocenters. The Morgan fingerprint density at radius 1 is 1.00 bits per heavy atom. The van der Waals surface area contributed by atoms with Crippen LogP contribution in [-0.4, -0.2) is 26.2 Å². The normalized spacial score (nSPS) is 10.4. The lowest BCUT2D eigenvalue weighted by Gasteiger charge is -2.12. The van der Waals surface area contributed by atoms with Crippen molar-refractivity contribution in [3.05, 3.63) is 78.1 Å². The number of hydrogen-bond acceptors (Lipinski definition) is 4. The molecule has 5 nitrogen and oxygen atoms in total. The minimum absolute atomic E-state index is 0.0720. The quantitative estimate of drug-likeness (QED) is 0.605. The SMILES string of the molecule is COc1cc(CC(=O)Nc2cc(-c3ccccc3)ccc2F)ccc1OCCN. The smallest absolute Gasteiger partial charge is 0.228 e. The molecule has 3 aromatic rings. The summed E-state index contributed by atoms with van der Waals surface area (Å²) in [7, 11) is 1.53. The van der Waals surface area contributed by atoms with Crippen molar-refractivity contribution >= 4 is 11.6 Å². The Kier molecular flexibility index (Phi) is 6.81. The van der Waals surface area contributed by atoms with Gasteiger partial charge in [-0.15, -0.1) is 0 Å². The van der Waals surface area contributed by atoms with Gasteiger partial charge in [0.2, 0.25) is 5.91 Å². The minimum Gasteiger partial charge on any atom is -0.493 e. The van der Waals surface area contributed by atoms with E-state index in [-0.39, 0.29) is 18.0 Å². The molecule has 0 spiro atoms. The molecule has 3 rings (SSSR count). The number of anilines is 1. The largest absolute Gasteiger partial charge is 0.493 e. The van der Waals surface area contributed by atoms with Gasteiger partial charge >= 0.3 is 0 Å². The molecule has 150 valence electrons. The Morgan fingerprint density at radius 2 is 1.79 bits per heavy atom. The highest BCUT2D eigenvalue weighted by molar-refractivity contribution is 5.93. The summed E-state index contributed by atoms with van der Waals surface area (Å²) in [5.74, 6) is 0.262. The van der Waals surface area contributed by atoms with Gasteiger partial charge < -0.3 is 20.5 Å². The number of nitrogens with two attached hydrogens (primary N) is 1. The van der Waals surface area contributed by atoms with Crippen molar-refractivity contribution in [2.45, 2.75) is 6.42 Å². The first kappa shape index (κ1) is 20.4. The summed E-state index contributed by atoms with van der Waals surface area (Å²) in [6, 6.07) is 19.5. The molecule has 0 bridgehead atoms. The van der Waals surface area contributed by atoms with Crippen molar-refractivity contribution in [1.29, 1.82) is 0 Å². The van der Waals surface area contributed by atoms with Gasteiger partial charge in [0.15, 0.2) is 11.5 Å². The van der Waals surface area contributed by atoms with E-state index in [9.17, 15) is 9.18 Å². The van der Waals surface area contributed by atoms with Crippen LogP contribution in [0.4, 0.5) is 10.1 Å².